The summed E-state index contributed by atoms with van der Waals surface area (Å²) in [6, 6.07) is 11.1. The second-order valence-electron chi connectivity index (χ2n) is 9.19. The van der Waals surface area contributed by atoms with Crippen LogP contribution in [-0.2, 0) is 17.7 Å². The molecule has 2 aliphatic heterocycles. The first-order valence-corrected chi connectivity index (χ1v) is 12.0. The van der Waals surface area contributed by atoms with Crippen LogP contribution in [-0.4, -0.2) is 60.2 Å². The average molecular weight is 504 g/mol. The number of hydrogen-bond donors (Lipinski definition) is 3. The van der Waals surface area contributed by atoms with E-state index >= 15 is 0 Å². The number of hydrogen-bond acceptors (Lipinski definition) is 9. The highest BCUT2D eigenvalue weighted by Gasteiger charge is 2.32. The van der Waals surface area contributed by atoms with E-state index in [4.69, 9.17) is 15.2 Å². The van der Waals surface area contributed by atoms with Crippen molar-refractivity contribution >= 4 is 40.8 Å². The van der Waals surface area contributed by atoms with Gasteiger partial charge >= 0.3 is 6.09 Å². The van der Waals surface area contributed by atoms with Gasteiger partial charge in [0.25, 0.3) is 5.91 Å². The number of anilines is 5. The Labute approximate surface area is 214 Å². The third-order valence-corrected chi connectivity index (χ3v) is 6.53. The van der Waals surface area contributed by atoms with E-state index in [0.29, 0.717) is 29.4 Å². The van der Waals surface area contributed by atoms with E-state index in [1.807, 2.05) is 31.2 Å². The van der Waals surface area contributed by atoms with Crippen molar-refractivity contribution in [3.05, 3.63) is 59.3 Å². The number of cyclic esters (lactones) is 1. The number of nitrogens with two attached hydrogens (primary N) is 1. The molecule has 0 spiro atoms. The number of amides is 2. The minimum atomic E-state index is -0.685. The Morgan fingerprint density at radius 2 is 2.00 bits per heavy atom. The number of ether oxygens (including phenoxy) is 2. The molecule has 0 radical (unpaired) electrons. The molecule has 2 aliphatic rings. The van der Waals surface area contributed by atoms with E-state index in [1.54, 1.807) is 24.1 Å². The van der Waals surface area contributed by atoms with E-state index < -0.39 is 12.0 Å². The fourth-order valence-corrected chi connectivity index (χ4v) is 4.60. The Hall–Kier alpha value is -4.38. The topological polar surface area (TPSA) is 135 Å². The van der Waals surface area contributed by atoms with Gasteiger partial charge in [0.1, 0.15) is 23.7 Å². The molecule has 11 heteroatoms. The first-order chi connectivity index (χ1) is 17.8. The van der Waals surface area contributed by atoms with Gasteiger partial charge in [0.2, 0.25) is 5.95 Å². The SMILES string of the molecule is COc1cc2c(cc1Nc1ncc(C(N)=O)c(Nc3ccccc3N3C(=O)OC[C@@H]3C)n1)CN(C)CC2. The number of para-hydroxylation sites is 2. The van der Waals surface area contributed by atoms with E-state index in [9.17, 15) is 9.59 Å². The highest BCUT2D eigenvalue weighted by Crippen LogP contribution is 2.35. The number of rotatable bonds is 7. The molecule has 0 aliphatic carbocycles. The van der Waals surface area contributed by atoms with Crippen LogP contribution in [0.4, 0.5) is 33.6 Å². The van der Waals surface area contributed by atoms with Crippen molar-refractivity contribution in [1.82, 2.24) is 14.9 Å². The van der Waals surface area contributed by atoms with Crippen LogP contribution >= 0.6 is 0 Å². The quantitative estimate of drug-likeness (QED) is 0.443. The Morgan fingerprint density at radius 1 is 1.19 bits per heavy atom. The van der Waals surface area contributed by atoms with Crippen LogP contribution < -0.4 is 26.0 Å². The monoisotopic (exact) mass is 503 g/mol. The minimum absolute atomic E-state index is 0.108. The van der Waals surface area contributed by atoms with Crippen molar-refractivity contribution in [3.8, 4) is 5.75 Å². The maximum Gasteiger partial charge on any atom is 0.414 e. The number of nitrogens with one attached hydrogen (secondary N) is 2. The summed E-state index contributed by atoms with van der Waals surface area (Å²) in [5, 5.41) is 6.39. The lowest BCUT2D eigenvalue weighted by atomic mass is 9.99. The molecule has 1 saturated heterocycles. The molecule has 4 N–H and O–H groups in total. The van der Waals surface area contributed by atoms with Crippen LogP contribution in [0, 0.1) is 0 Å². The second kappa shape index (κ2) is 9.94. The van der Waals surface area contributed by atoms with Gasteiger partial charge in [-0.05, 0) is 55.8 Å². The van der Waals surface area contributed by atoms with Crippen LogP contribution in [0.3, 0.4) is 0 Å². The Kier molecular flexibility index (Phi) is 6.53. The van der Waals surface area contributed by atoms with Gasteiger partial charge in [-0.1, -0.05) is 12.1 Å². The number of carbonyl (C=O) groups excluding carboxylic acids is 2. The molecule has 11 nitrogen and oxygen atoms in total. The van der Waals surface area contributed by atoms with Crippen LogP contribution in [0.25, 0.3) is 0 Å². The summed E-state index contributed by atoms with van der Waals surface area (Å²) in [7, 11) is 3.71. The van der Waals surface area contributed by atoms with Crippen molar-refractivity contribution < 1.29 is 19.1 Å². The van der Waals surface area contributed by atoms with Gasteiger partial charge in [-0.3, -0.25) is 9.69 Å². The van der Waals surface area contributed by atoms with Crippen molar-refractivity contribution in [2.75, 3.05) is 42.8 Å². The second-order valence-corrected chi connectivity index (χ2v) is 9.19. The van der Waals surface area contributed by atoms with Gasteiger partial charge in [-0.15, -0.1) is 0 Å². The highest BCUT2D eigenvalue weighted by molar-refractivity contribution is 6.00. The smallest absolute Gasteiger partial charge is 0.414 e. The lowest BCUT2D eigenvalue weighted by Crippen LogP contribution is -2.31. The van der Waals surface area contributed by atoms with E-state index in [2.05, 4.69) is 32.5 Å². The zero-order chi connectivity index (χ0) is 26.1. The number of likely N-dealkylation sites (N-methyl/N-ethyl adjacent to an activating group) is 1. The molecule has 2 aromatic carbocycles. The molecule has 3 heterocycles. The number of carbonyl (C=O) groups is 2. The molecule has 0 unspecified atom stereocenters. The first-order valence-electron chi connectivity index (χ1n) is 12.0. The molecule has 2 amide bonds. The lowest BCUT2D eigenvalue weighted by Gasteiger charge is -2.26. The molecule has 1 fully saturated rings. The largest absolute Gasteiger partial charge is 0.495 e. The van der Waals surface area contributed by atoms with Crippen molar-refractivity contribution in [2.24, 2.45) is 5.73 Å². The highest BCUT2D eigenvalue weighted by atomic mass is 16.6. The van der Waals surface area contributed by atoms with Gasteiger partial charge < -0.3 is 30.7 Å². The van der Waals surface area contributed by atoms with Gasteiger partial charge in [-0.2, -0.15) is 4.98 Å². The number of methoxy groups -OCH3 is 1. The van der Waals surface area contributed by atoms with E-state index in [1.165, 1.54) is 17.3 Å². The molecular weight excluding hydrogens is 474 g/mol. The summed E-state index contributed by atoms with van der Waals surface area (Å²) < 4.78 is 10.8. The normalized spacial score (nSPS) is 17.2. The van der Waals surface area contributed by atoms with E-state index in [-0.39, 0.29) is 23.4 Å². The maximum absolute atomic E-state index is 12.4. The fourth-order valence-electron chi connectivity index (χ4n) is 4.60. The van der Waals surface area contributed by atoms with Crippen molar-refractivity contribution in [3.63, 3.8) is 0 Å². The number of aromatic nitrogens is 2. The number of fused-ring (bicyclic) bond motifs is 1. The molecule has 0 bridgehead atoms. The van der Waals surface area contributed by atoms with Crippen LogP contribution in [0.2, 0.25) is 0 Å². The molecule has 1 aromatic heterocycles. The Balaban J connectivity index is 1.49. The number of nitrogens with zero attached hydrogens (tertiary/aromatic N) is 4. The number of benzene rings is 2. The molecule has 5 rings (SSSR count). The molecule has 192 valence electrons. The Morgan fingerprint density at radius 3 is 2.73 bits per heavy atom. The summed E-state index contributed by atoms with van der Waals surface area (Å²) in [5.41, 5.74) is 10.1. The fraction of sp³-hybridized carbons (Fsp3) is 0.308. The van der Waals surface area contributed by atoms with E-state index in [0.717, 1.165) is 19.5 Å². The molecular formula is C26H29N7O4. The minimum Gasteiger partial charge on any atom is -0.495 e. The molecule has 1 atom stereocenters. The summed E-state index contributed by atoms with van der Waals surface area (Å²) in [4.78, 5) is 37.2. The summed E-state index contributed by atoms with van der Waals surface area (Å²) in [5.74, 6) is 0.442. The molecule has 37 heavy (non-hydrogen) atoms. The third kappa shape index (κ3) is 4.85. The third-order valence-electron chi connectivity index (χ3n) is 6.53. The van der Waals surface area contributed by atoms with Gasteiger partial charge in [0, 0.05) is 19.3 Å². The maximum atomic E-state index is 12.4. The molecule has 3 aromatic rings. The first kappa shape index (κ1) is 24.3. The van der Waals surface area contributed by atoms with Gasteiger partial charge in [0.15, 0.2) is 0 Å². The van der Waals surface area contributed by atoms with Gasteiger partial charge in [-0.25, -0.2) is 9.78 Å². The predicted octanol–water partition coefficient (Wildman–Crippen LogP) is 3.40. The zero-order valence-corrected chi connectivity index (χ0v) is 20.9. The number of primary amides is 1. The predicted molar refractivity (Wildman–Crippen MR) is 140 cm³/mol. The van der Waals surface area contributed by atoms with Crippen LogP contribution in [0.5, 0.6) is 5.75 Å². The summed E-state index contributed by atoms with van der Waals surface area (Å²) >= 11 is 0. The Bertz CT molecular complexity index is 1360. The summed E-state index contributed by atoms with van der Waals surface area (Å²) in [6.07, 6.45) is 1.88. The lowest BCUT2D eigenvalue weighted by molar-refractivity contribution is 0.100. The standard InChI is InChI=1S/C26H29N7O4/c1-15-14-37-26(35)33(15)21-7-5-4-6-19(21)29-24-18(23(27)34)12-28-25(31-24)30-20-10-17-13-32(2)9-8-16(17)11-22(20)36-3/h4-7,10-12,15H,8-9,13-14H2,1-3H3,(H2,27,34)(H2,28,29,30,31)/t15-/m0/s1. The van der Waals surface area contributed by atoms with Crippen LogP contribution in [0.1, 0.15) is 28.4 Å². The van der Waals surface area contributed by atoms with Crippen LogP contribution in [0.15, 0.2) is 42.6 Å². The van der Waals surface area contributed by atoms with Gasteiger partial charge in [0.05, 0.1) is 30.2 Å². The zero-order valence-electron chi connectivity index (χ0n) is 20.9. The molecule has 0 saturated carbocycles. The average Bonchev–Trinajstić information content (AvgIpc) is 3.21. The van der Waals surface area contributed by atoms with Crippen molar-refractivity contribution in [2.45, 2.75) is 25.9 Å². The summed E-state index contributed by atoms with van der Waals surface area (Å²) in [6.45, 7) is 4.01. The van der Waals surface area contributed by atoms with Crippen molar-refractivity contribution in [1.29, 1.82) is 0 Å².